The molecule has 1 heterocycles. The number of aliphatic carboxylic acids is 1. The highest BCUT2D eigenvalue weighted by atomic mass is 19.4. The molecule has 19 heavy (non-hydrogen) atoms. The number of amides is 1. The summed E-state index contributed by atoms with van der Waals surface area (Å²) < 4.78 is 43.1. The van der Waals surface area contributed by atoms with Crippen molar-refractivity contribution in [3.05, 3.63) is 0 Å². The summed E-state index contributed by atoms with van der Waals surface area (Å²) in [5.74, 6) is -3.23. The van der Waals surface area contributed by atoms with Crippen LogP contribution < -0.4 is 0 Å². The van der Waals surface area contributed by atoms with Gasteiger partial charge in [-0.3, -0.25) is 9.59 Å². The highest BCUT2D eigenvalue weighted by Crippen LogP contribution is 2.40. The number of nitrogens with zero attached hydrogens (tertiary/aromatic N) is 1. The van der Waals surface area contributed by atoms with E-state index in [1.54, 1.807) is 0 Å². The number of carboxylic acid groups (broad SMARTS) is 1. The minimum absolute atomic E-state index is 0.159. The Morgan fingerprint density at radius 3 is 2.42 bits per heavy atom. The Hall–Kier alpha value is -1.31. The molecule has 108 valence electrons. The van der Waals surface area contributed by atoms with E-state index in [-0.39, 0.29) is 13.2 Å². The summed E-state index contributed by atoms with van der Waals surface area (Å²) in [6, 6.07) is -1.06. The Balaban J connectivity index is 2.15. The minimum atomic E-state index is -4.99. The van der Waals surface area contributed by atoms with Crippen LogP contribution in [0, 0.1) is 0 Å². The van der Waals surface area contributed by atoms with Gasteiger partial charge in [-0.15, -0.1) is 0 Å². The second-order valence-corrected chi connectivity index (χ2v) is 5.03. The summed E-state index contributed by atoms with van der Waals surface area (Å²) in [7, 11) is 0. The third-order valence-corrected chi connectivity index (χ3v) is 3.66. The largest absolute Gasteiger partial charge is 0.481 e. The molecule has 2 aliphatic rings. The molecular weight excluding hydrogens is 267 g/mol. The van der Waals surface area contributed by atoms with Gasteiger partial charge in [-0.1, -0.05) is 0 Å². The van der Waals surface area contributed by atoms with E-state index in [2.05, 4.69) is 0 Å². The quantitative estimate of drug-likeness (QED) is 0.825. The number of carbonyl (C=O) groups excluding carboxylic acids is 1. The predicted molar refractivity (Wildman–Crippen MR) is 56.3 cm³/mol. The molecule has 0 radical (unpaired) electrons. The Morgan fingerprint density at radius 2 is 2.00 bits per heavy atom. The second-order valence-electron chi connectivity index (χ2n) is 5.03. The number of rotatable bonds is 2. The third-order valence-electron chi connectivity index (χ3n) is 3.66. The van der Waals surface area contributed by atoms with Gasteiger partial charge in [0.2, 0.25) is 0 Å². The molecule has 0 aromatic carbocycles. The van der Waals surface area contributed by atoms with Gasteiger partial charge in [0.05, 0.1) is 31.2 Å². The molecule has 1 aliphatic heterocycles. The van der Waals surface area contributed by atoms with Crippen LogP contribution in [0.25, 0.3) is 0 Å². The van der Waals surface area contributed by atoms with Crippen molar-refractivity contribution in [1.82, 2.24) is 4.90 Å². The van der Waals surface area contributed by atoms with E-state index in [4.69, 9.17) is 9.84 Å². The molecule has 0 aromatic rings. The summed E-state index contributed by atoms with van der Waals surface area (Å²) in [6.07, 6.45) is -3.47. The lowest BCUT2D eigenvalue weighted by molar-refractivity contribution is -0.214. The minimum Gasteiger partial charge on any atom is -0.481 e. The molecule has 0 bridgehead atoms. The molecule has 1 N–H and O–H groups in total. The molecule has 1 atom stereocenters. The lowest BCUT2D eigenvalue weighted by atomic mass is 9.78. The molecular formula is C11H14F3NO4. The van der Waals surface area contributed by atoms with Crippen molar-refractivity contribution >= 4 is 11.9 Å². The van der Waals surface area contributed by atoms with Gasteiger partial charge in [0, 0.05) is 0 Å². The van der Waals surface area contributed by atoms with Crippen LogP contribution in [0.15, 0.2) is 0 Å². The van der Waals surface area contributed by atoms with Crippen LogP contribution in [-0.4, -0.2) is 52.9 Å². The van der Waals surface area contributed by atoms with Crippen molar-refractivity contribution < 1.29 is 32.6 Å². The first-order chi connectivity index (χ1) is 8.73. The summed E-state index contributed by atoms with van der Waals surface area (Å²) in [5.41, 5.74) is -0.698. The monoisotopic (exact) mass is 281 g/mol. The van der Waals surface area contributed by atoms with Crippen LogP contribution in [0.1, 0.15) is 25.7 Å². The first-order valence-corrected chi connectivity index (χ1v) is 5.97. The number of ether oxygens (including phenoxy) is 1. The topological polar surface area (TPSA) is 66.8 Å². The zero-order valence-electron chi connectivity index (χ0n) is 10.1. The van der Waals surface area contributed by atoms with E-state index < -0.39 is 36.1 Å². The van der Waals surface area contributed by atoms with E-state index in [0.717, 1.165) is 6.42 Å². The van der Waals surface area contributed by atoms with Crippen molar-refractivity contribution in [2.75, 3.05) is 13.2 Å². The number of hydrogen-bond acceptors (Lipinski definition) is 3. The summed E-state index contributed by atoms with van der Waals surface area (Å²) in [5, 5.41) is 8.69. The van der Waals surface area contributed by atoms with Crippen LogP contribution in [0.2, 0.25) is 0 Å². The molecule has 1 saturated heterocycles. The maximum atomic E-state index is 12.5. The lowest BCUT2D eigenvalue weighted by Gasteiger charge is -2.51. The number of morpholine rings is 1. The predicted octanol–water partition coefficient (Wildman–Crippen LogP) is 1.17. The highest BCUT2D eigenvalue weighted by molar-refractivity contribution is 5.83. The summed E-state index contributed by atoms with van der Waals surface area (Å²) >= 11 is 0. The molecule has 2 fully saturated rings. The zero-order chi connectivity index (χ0) is 14.3. The van der Waals surface area contributed by atoms with Crippen LogP contribution in [0.4, 0.5) is 13.2 Å². The second kappa shape index (κ2) is 4.66. The third kappa shape index (κ3) is 2.83. The SMILES string of the molecule is O=C(O)CC1COC2(CCC2)CN1C(=O)C(F)(F)F. The van der Waals surface area contributed by atoms with Crippen LogP contribution in [-0.2, 0) is 14.3 Å². The molecule has 1 aliphatic carbocycles. The van der Waals surface area contributed by atoms with Gasteiger partial charge in [-0.25, -0.2) is 0 Å². The van der Waals surface area contributed by atoms with Gasteiger partial charge < -0.3 is 14.7 Å². The Bertz CT molecular complexity index is 392. The zero-order valence-corrected chi connectivity index (χ0v) is 10.1. The fraction of sp³-hybridized carbons (Fsp3) is 0.818. The molecule has 1 saturated carbocycles. The molecule has 2 rings (SSSR count). The van der Waals surface area contributed by atoms with Gasteiger partial charge in [-0.2, -0.15) is 13.2 Å². The Morgan fingerprint density at radius 1 is 1.37 bits per heavy atom. The molecule has 0 aromatic heterocycles. The number of halogens is 3. The maximum absolute atomic E-state index is 12.5. The smallest absolute Gasteiger partial charge is 0.471 e. The normalized spacial score (nSPS) is 26.1. The van der Waals surface area contributed by atoms with Gasteiger partial charge in [0.25, 0.3) is 0 Å². The average Bonchev–Trinajstić information content (AvgIpc) is 2.24. The fourth-order valence-corrected chi connectivity index (χ4v) is 2.49. The van der Waals surface area contributed by atoms with Gasteiger partial charge in [-0.05, 0) is 19.3 Å². The molecule has 5 nitrogen and oxygen atoms in total. The molecule has 1 amide bonds. The number of alkyl halides is 3. The van der Waals surface area contributed by atoms with Crippen LogP contribution >= 0.6 is 0 Å². The van der Waals surface area contributed by atoms with Gasteiger partial charge >= 0.3 is 18.1 Å². The Kier molecular flexibility index (Phi) is 3.46. The van der Waals surface area contributed by atoms with E-state index in [1.165, 1.54) is 0 Å². The van der Waals surface area contributed by atoms with E-state index in [0.29, 0.717) is 17.7 Å². The van der Waals surface area contributed by atoms with Gasteiger partial charge in [0.1, 0.15) is 0 Å². The average molecular weight is 281 g/mol. The Labute approximate surface area is 107 Å². The van der Waals surface area contributed by atoms with Crippen LogP contribution in [0.5, 0.6) is 0 Å². The maximum Gasteiger partial charge on any atom is 0.471 e. The molecule has 1 unspecified atom stereocenters. The summed E-state index contributed by atoms with van der Waals surface area (Å²) in [4.78, 5) is 22.7. The molecule has 8 heteroatoms. The molecule has 1 spiro atoms. The first kappa shape index (κ1) is 14.1. The summed E-state index contributed by atoms with van der Waals surface area (Å²) in [6.45, 7) is -0.336. The van der Waals surface area contributed by atoms with Crippen molar-refractivity contribution in [3.8, 4) is 0 Å². The number of carbonyl (C=O) groups is 2. The number of carboxylic acids is 1. The van der Waals surface area contributed by atoms with Crippen molar-refractivity contribution in [2.24, 2.45) is 0 Å². The van der Waals surface area contributed by atoms with E-state index >= 15 is 0 Å². The van der Waals surface area contributed by atoms with Crippen molar-refractivity contribution in [1.29, 1.82) is 0 Å². The van der Waals surface area contributed by atoms with E-state index in [1.807, 2.05) is 0 Å². The highest BCUT2D eigenvalue weighted by Gasteiger charge is 2.52. The van der Waals surface area contributed by atoms with Crippen molar-refractivity contribution in [3.63, 3.8) is 0 Å². The lowest BCUT2D eigenvalue weighted by Crippen LogP contribution is -2.63. The fourth-order valence-electron chi connectivity index (χ4n) is 2.49. The van der Waals surface area contributed by atoms with E-state index in [9.17, 15) is 22.8 Å². The van der Waals surface area contributed by atoms with Gasteiger partial charge in [0.15, 0.2) is 0 Å². The standard InChI is InChI=1S/C11H14F3NO4/c12-11(13,14)9(18)15-6-10(2-1-3-10)19-5-7(15)4-8(16)17/h7H,1-6H2,(H,16,17). The van der Waals surface area contributed by atoms with Crippen molar-refractivity contribution in [2.45, 2.75) is 43.5 Å². The van der Waals surface area contributed by atoms with Crippen LogP contribution in [0.3, 0.4) is 0 Å². The number of hydrogen-bond donors (Lipinski definition) is 1. The first-order valence-electron chi connectivity index (χ1n) is 5.97.